The number of alkyl halides is 15. The summed E-state index contributed by atoms with van der Waals surface area (Å²) in [5.41, 5.74) is 0. The summed E-state index contributed by atoms with van der Waals surface area (Å²) in [7, 11) is 0. The Morgan fingerprint density at radius 3 is 1.44 bits per heavy atom. The minimum Gasteiger partial charge on any atom is -0.462 e. The van der Waals surface area contributed by atoms with E-state index in [0.29, 0.717) is 0 Å². The van der Waals surface area contributed by atoms with Crippen LogP contribution in [0.1, 0.15) is 6.42 Å². The maximum atomic E-state index is 13.1. The lowest BCUT2D eigenvalue weighted by molar-refractivity contribution is -0.397. The van der Waals surface area contributed by atoms with E-state index in [4.69, 9.17) is 0 Å². The highest BCUT2D eigenvalue weighted by molar-refractivity contribution is 5.91. The van der Waals surface area contributed by atoms with Crippen molar-refractivity contribution in [2.75, 3.05) is 6.61 Å². The van der Waals surface area contributed by atoms with Crippen molar-refractivity contribution in [1.82, 2.24) is 0 Å². The first-order valence-corrected chi connectivity index (χ1v) is 7.27. The Balaban J connectivity index is 5.01. The highest BCUT2D eigenvalue weighted by atomic mass is 19.4. The summed E-state index contributed by atoms with van der Waals surface area (Å²) in [4.78, 5) is 21.9. The molecular formula is C13H7F15O4. The number of hydrogen-bond donors (Lipinski definition) is 0. The van der Waals surface area contributed by atoms with E-state index in [-0.39, 0.29) is 6.08 Å². The molecule has 4 nitrogen and oxygen atoms in total. The zero-order valence-corrected chi connectivity index (χ0v) is 14.4. The van der Waals surface area contributed by atoms with Crippen LogP contribution in [0, 0.1) is 0 Å². The number of ether oxygens (including phenoxy) is 2. The van der Waals surface area contributed by atoms with Gasteiger partial charge in [0, 0.05) is 12.2 Å². The fourth-order valence-electron chi connectivity index (χ4n) is 1.50. The first kappa shape index (κ1) is 29.6. The molecule has 32 heavy (non-hydrogen) atoms. The number of esters is 2. The second kappa shape index (κ2) is 9.24. The van der Waals surface area contributed by atoms with Crippen molar-refractivity contribution in [2.45, 2.75) is 48.8 Å². The molecule has 19 heteroatoms. The molecule has 188 valence electrons. The van der Waals surface area contributed by atoms with E-state index in [1.165, 1.54) is 0 Å². The van der Waals surface area contributed by atoms with E-state index in [0.717, 1.165) is 0 Å². The third kappa shape index (κ3) is 7.07. The lowest BCUT2D eigenvalue weighted by Gasteiger charge is -2.33. The fourth-order valence-corrected chi connectivity index (χ4v) is 1.50. The van der Waals surface area contributed by atoms with E-state index < -0.39 is 73.4 Å². The number of carbonyl (C=O) groups excluding carboxylic acids is 2. The normalized spacial score (nSPS) is 14.8. The summed E-state index contributed by atoms with van der Waals surface area (Å²) in [6, 6.07) is 0. The molecule has 0 aliphatic carbocycles. The topological polar surface area (TPSA) is 52.6 Å². The van der Waals surface area contributed by atoms with Gasteiger partial charge in [-0.05, 0) is 0 Å². The van der Waals surface area contributed by atoms with Crippen LogP contribution in [0.25, 0.3) is 0 Å². The van der Waals surface area contributed by atoms with E-state index in [9.17, 15) is 75.4 Å². The summed E-state index contributed by atoms with van der Waals surface area (Å²) in [6.07, 6.45) is -27.4. The molecule has 0 unspecified atom stereocenters. The summed E-state index contributed by atoms with van der Waals surface area (Å²) in [5.74, 6) is -24.8. The number of rotatable bonds is 8. The molecule has 0 amide bonds. The van der Waals surface area contributed by atoms with Crippen LogP contribution in [0.3, 0.4) is 0 Å². The van der Waals surface area contributed by atoms with Crippen molar-refractivity contribution in [2.24, 2.45) is 0 Å². The van der Waals surface area contributed by atoms with Crippen LogP contribution < -0.4 is 0 Å². The molecule has 0 saturated heterocycles. The molecule has 0 bridgehead atoms. The minimum atomic E-state index is -7.20. The van der Waals surface area contributed by atoms with Gasteiger partial charge in [-0.15, -0.1) is 0 Å². The summed E-state index contributed by atoms with van der Waals surface area (Å²) in [6.45, 7) is -1.98. The van der Waals surface area contributed by atoms with Crippen molar-refractivity contribution in [1.29, 1.82) is 0 Å². The van der Waals surface area contributed by atoms with Crippen LogP contribution >= 0.6 is 0 Å². The molecule has 0 heterocycles. The van der Waals surface area contributed by atoms with E-state index >= 15 is 0 Å². The average Bonchev–Trinajstić information content (AvgIpc) is 2.54. The summed E-state index contributed by atoms with van der Waals surface area (Å²) < 4.78 is 192. The van der Waals surface area contributed by atoms with Gasteiger partial charge in [0.25, 0.3) is 6.10 Å². The molecule has 0 saturated carbocycles. The lowest BCUT2D eigenvalue weighted by Crippen LogP contribution is -2.61. The van der Waals surface area contributed by atoms with Crippen molar-refractivity contribution in [3.63, 3.8) is 0 Å². The molecule has 0 N–H and O–H groups in total. The predicted molar refractivity (Wildman–Crippen MR) is 67.6 cm³/mol. The van der Waals surface area contributed by atoms with Crippen LogP contribution in [0.2, 0.25) is 0 Å². The molecule has 0 rings (SSSR count). The van der Waals surface area contributed by atoms with Gasteiger partial charge < -0.3 is 9.47 Å². The fraction of sp³-hybridized carbons (Fsp3) is 0.692. The third-order valence-corrected chi connectivity index (χ3v) is 3.05. The number of carbonyl (C=O) groups is 2. The Bertz CT molecular complexity index is 688. The third-order valence-electron chi connectivity index (χ3n) is 3.05. The van der Waals surface area contributed by atoms with Crippen LogP contribution in [0.5, 0.6) is 0 Å². The molecule has 0 aromatic carbocycles. The van der Waals surface area contributed by atoms with Gasteiger partial charge in [-0.2, -0.15) is 65.9 Å². The first-order valence-electron chi connectivity index (χ1n) is 7.27. The zero-order valence-electron chi connectivity index (χ0n) is 14.4. The van der Waals surface area contributed by atoms with E-state index in [1.54, 1.807) is 0 Å². The van der Waals surface area contributed by atoms with Crippen LogP contribution in [0.4, 0.5) is 65.9 Å². The molecule has 0 radical (unpaired) electrons. The van der Waals surface area contributed by atoms with Gasteiger partial charge in [0.05, 0.1) is 13.0 Å². The molecule has 0 aliphatic rings. The molecule has 0 fully saturated rings. The predicted octanol–water partition coefficient (Wildman–Crippen LogP) is 4.98. The van der Waals surface area contributed by atoms with E-state index in [1.807, 2.05) is 0 Å². The summed E-state index contributed by atoms with van der Waals surface area (Å²) in [5, 5.41) is 0. The largest absolute Gasteiger partial charge is 0.462 e. The molecule has 0 atom stereocenters. The monoisotopic (exact) mass is 512 g/mol. The molecule has 0 aromatic heterocycles. The molecule has 0 aromatic rings. The van der Waals surface area contributed by atoms with Crippen molar-refractivity contribution in [3.05, 3.63) is 12.2 Å². The van der Waals surface area contributed by atoms with Crippen molar-refractivity contribution >= 4 is 11.9 Å². The maximum Gasteiger partial charge on any atom is 0.460 e. The molecular weight excluding hydrogens is 505 g/mol. The van der Waals surface area contributed by atoms with Gasteiger partial charge in [0.1, 0.15) is 0 Å². The van der Waals surface area contributed by atoms with Gasteiger partial charge >= 0.3 is 48.2 Å². The second-order valence-corrected chi connectivity index (χ2v) is 5.50. The maximum absolute atomic E-state index is 13.1. The van der Waals surface area contributed by atoms with Crippen LogP contribution in [-0.4, -0.2) is 60.9 Å². The van der Waals surface area contributed by atoms with Crippen LogP contribution in [0.15, 0.2) is 12.2 Å². The highest BCUT2D eigenvalue weighted by Crippen LogP contribution is 2.53. The van der Waals surface area contributed by atoms with Gasteiger partial charge in [-0.25, -0.2) is 9.59 Å². The standard InChI is InChI=1S/C13H7F15O4/c14-8(15,11(22,23)12(24,25)13(26,27)28)3-4-31-5(29)1-2-6(30)32-7(9(16,17)18)10(19,20)21/h1-2,7H,3-4H2/b2-1-. The summed E-state index contributed by atoms with van der Waals surface area (Å²) >= 11 is 0. The van der Waals surface area contributed by atoms with Crippen molar-refractivity contribution < 1.29 is 84.9 Å². The van der Waals surface area contributed by atoms with Gasteiger partial charge in [0.2, 0.25) is 0 Å². The zero-order chi connectivity index (χ0) is 26.0. The lowest BCUT2D eigenvalue weighted by atomic mass is 10.0. The van der Waals surface area contributed by atoms with Crippen LogP contribution in [-0.2, 0) is 19.1 Å². The average molecular weight is 512 g/mol. The number of hydrogen-bond acceptors (Lipinski definition) is 4. The minimum absolute atomic E-state index is 0.327. The molecule has 0 aliphatic heterocycles. The molecule has 0 spiro atoms. The van der Waals surface area contributed by atoms with Gasteiger partial charge in [-0.1, -0.05) is 0 Å². The Morgan fingerprint density at radius 2 is 1.06 bits per heavy atom. The Labute approximate surface area is 165 Å². The highest BCUT2D eigenvalue weighted by Gasteiger charge is 2.81. The first-order chi connectivity index (χ1) is 13.9. The second-order valence-electron chi connectivity index (χ2n) is 5.50. The Hall–Kier alpha value is -2.37. The van der Waals surface area contributed by atoms with Crippen molar-refractivity contribution in [3.8, 4) is 0 Å². The SMILES string of the molecule is O=C(/C=C\C(=O)OC(C(F)(F)F)C(F)(F)F)OCCC(F)(F)C(F)(F)C(F)(F)C(F)(F)F. The smallest absolute Gasteiger partial charge is 0.460 e. The quantitative estimate of drug-likeness (QED) is 0.262. The number of halogens is 15. The van der Waals surface area contributed by atoms with Gasteiger partial charge in [-0.3, -0.25) is 0 Å². The van der Waals surface area contributed by atoms with E-state index in [2.05, 4.69) is 9.47 Å². The van der Waals surface area contributed by atoms with Gasteiger partial charge in [0.15, 0.2) is 0 Å². The Kier molecular flexibility index (Phi) is 8.56. The Morgan fingerprint density at radius 1 is 0.656 bits per heavy atom.